The third kappa shape index (κ3) is 6.00. The Bertz CT molecular complexity index is 1380. The van der Waals surface area contributed by atoms with Crippen molar-refractivity contribution in [1.82, 2.24) is 20.5 Å². The predicted octanol–water partition coefficient (Wildman–Crippen LogP) is 6.18. The quantitative estimate of drug-likeness (QED) is 0.234. The van der Waals surface area contributed by atoms with Gasteiger partial charge in [0.05, 0.1) is 17.3 Å². The summed E-state index contributed by atoms with van der Waals surface area (Å²) in [7, 11) is 0. The highest BCUT2D eigenvalue weighted by Crippen LogP contribution is 2.30. The number of amides is 1. The molecule has 1 amide bonds. The lowest BCUT2D eigenvalue weighted by atomic mass is 9.82. The molecule has 5 rings (SSSR count). The third-order valence-corrected chi connectivity index (χ3v) is 7.15. The Morgan fingerprint density at radius 3 is 2.78 bits per heavy atom. The molecule has 1 fully saturated rings. The molecule has 2 aromatic carbocycles. The molecule has 4 aromatic rings. The molecule has 3 heterocycles. The Hall–Kier alpha value is -3.71. The number of fused-ring (bicyclic) bond motifs is 1. The largest absolute Gasteiger partial charge is 0.340 e. The van der Waals surface area contributed by atoms with Crippen LogP contribution in [0.2, 0.25) is 0 Å². The van der Waals surface area contributed by atoms with E-state index in [4.69, 9.17) is 0 Å². The maximum Gasteiger partial charge on any atom is 0.259 e. The number of aromatic nitrogens is 3. The molecule has 1 saturated heterocycles. The second-order valence-electron chi connectivity index (χ2n) is 11.0. The van der Waals surface area contributed by atoms with E-state index in [1.54, 1.807) is 24.5 Å². The van der Waals surface area contributed by atoms with Crippen molar-refractivity contribution < 1.29 is 4.79 Å². The molecular formula is C30H36N6O. The van der Waals surface area contributed by atoms with E-state index in [0.717, 1.165) is 54.1 Å². The number of carbonyl (C=O) groups excluding carboxylic acids is 1. The van der Waals surface area contributed by atoms with Crippen LogP contribution in [-0.2, 0) is 11.8 Å². The van der Waals surface area contributed by atoms with E-state index in [1.165, 1.54) is 24.0 Å². The van der Waals surface area contributed by atoms with Crippen molar-refractivity contribution >= 4 is 34.0 Å². The number of nitrogens with zero attached hydrogens (tertiary/aromatic N) is 2. The number of hydrogen-bond donors (Lipinski definition) is 4. The fraction of sp³-hybridized carbons (Fsp3) is 0.367. The number of pyridine rings is 1. The Kier molecular flexibility index (Phi) is 7.24. The molecule has 2 aromatic heterocycles. The minimum atomic E-state index is -0.190. The average molecular weight is 497 g/mol. The number of rotatable bonds is 8. The van der Waals surface area contributed by atoms with Crippen LogP contribution in [0.3, 0.4) is 0 Å². The Morgan fingerprint density at radius 1 is 1.11 bits per heavy atom. The third-order valence-electron chi connectivity index (χ3n) is 7.15. The van der Waals surface area contributed by atoms with E-state index in [1.807, 2.05) is 24.3 Å². The number of hydrogen-bond acceptors (Lipinski definition) is 5. The lowest BCUT2D eigenvalue weighted by Gasteiger charge is -2.24. The maximum atomic E-state index is 13.4. The molecule has 0 spiro atoms. The van der Waals surface area contributed by atoms with Gasteiger partial charge < -0.3 is 16.0 Å². The predicted molar refractivity (Wildman–Crippen MR) is 151 cm³/mol. The van der Waals surface area contributed by atoms with Crippen molar-refractivity contribution in [2.45, 2.75) is 51.9 Å². The molecule has 7 heteroatoms. The molecule has 0 aliphatic carbocycles. The van der Waals surface area contributed by atoms with Crippen LogP contribution in [0.15, 0.2) is 60.9 Å². The van der Waals surface area contributed by atoms with Crippen molar-refractivity contribution in [2.75, 3.05) is 23.7 Å². The smallest absolute Gasteiger partial charge is 0.259 e. The Labute approximate surface area is 218 Å². The fourth-order valence-corrected chi connectivity index (χ4v) is 5.19. The van der Waals surface area contributed by atoms with Crippen LogP contribution in [0.25, 0.3) is 10.9 Å². The molecule has 0 saturated carbocycles. The normalized spacial score (nSPS) is 15.7. The van der Waals surface area contributed by atoms with Gasteiger partial charge in [-0.25, -0.2) is 4.98 Å². The highest BCUT2D eigenvalue weighted by Gasteiger charge is 2.20. The lowest BCUT2D eigenvalue weighted by Crippen LogP contribution is -2.17. The second-order valence-corrected chi connectivity index (χ2v) is 11.0. The molecule has 1 atom stereocenters. The number of carbonyl (C=O) groups is 1. The standard InChI is InChI=1S/C30H36N6O/c1-30(2,3)26-12-11-23(16-21(26)7-4-6-20-13-15-31-18-20)35-29(37)25-8-5-14-32-28(25)34-24-10-9-22-19-33-36-27(22)17-24/h5,8-12,14,16-17,19-20,31H,4,6-7,13,15,18H2,1-3H3,(H,32,34)(H,33,36)(H,35,37). The average Bonchev–Trinajstić information content (AvgIpc) is 3.56. The summed E-state index contributed by atoms with van der Waals surface area (Å²) in [6.45, 7) is 9.03. The number of benzene rings is 2. The Balaban J connectivity index is 1.33. The van der Waals surface area contributed by atoms with E-state index in [0.29, 0.717) is 11.4 Å². The van der Waals surface area contributed by atoms with Crippen molar-refractivity contribution in [3.05, 3.63) is 77.6 Å². The van der Waals surface area contributed by atoms with Crippen molar-refractivity contribution in [2.24, 2.45) is 5.92 Å². The summed E-state index contributed by atoms with van der Waals surface area (Å²) in [6.07, 6.45) is 8.16. The Morgan fingerprint density at radius 2 is 1.97 bits per heavy atom. The molecule has 1 aliphatic rings. The summed E-state index contributed by atoms with van der Waals surface area (Å²) in [5.74, 6) is 1.10. The molecule has 37 heavy (non-hydrogen) atoms. The first kappa shape index (κ1) is 25.0. The fourth-order valence-electron chi connectivity index (χ4n) is 5.19. The number of anilines is 3. The number of aryl methyl sites for hydroxylation is 1. The summed E-state index contributed by atoms with van der Waals surface area (Å²) in [4.78, 5) is 17.8. The van der Waals surface area contributed by atoms with Gasteiger partial charge in [-0.2, -0.15) is 5.10 Å². The van der Waals surface area contributed by atoms with Gasteiger partial charge in [0.1, 0.15) is 5.82 Å². The topological polar surface area (TPSA) is 94.7 Å². The van der Waals surface area contributed by atoms with Crippen molar-refractivity contribution in [1.29, 1.82) is 0 Å². The SMILES string of the molecule is CC(C)(C)c1ccc(NC(=O)c2cccnc2Nc2ccc3cn[nH]c3c2)cc1CCCC1CCNC1. The summed E-state index contributed by atoms with van der Waals surface area (Å²) >= 11 is 0. The summed E-state index contributed by atoms with van der Waals surface area (Å²) in [6, 6.07) is 15.8. The van der Waals surface area contributed by atoms with Crippen LogP contribution in [-0.4, -0.2) is 34.2 Å². The van der Waals surface area contributed by atoms with Gasteiger partial charge in [0.2, 0.25) is 0 Å². The van der Waals surface area contributed by atoms with Crippen molar-refractivity contribution in [3.63, 3.8) is 0 Å². The van der Waals surface area contributed by atoms with Crippen LogP contribution in [0.4, 0.5) is 17.2 Å². The van der Waals surface area contributed by atoms with E-state index in [2.05, 4.69) is 64.0 Å². The van der Waals surface area contributed by atoms with E-state index < -0.39 is 0 Å². The molecule has 0 bridgehead atoms. The zero-order valence-electron chi connectivity index (χ0n) is 21.9. The first-order valence-electron chi connectivity index (χ1n) is 13.2. The number of nitrogens with one attached hydrogen (secondary N) is 4. The van der Waals surface area contributed by atoms with Crippen molar-refractivity contribution in [3.8, 4) is 0 Å². The van der Waals surface area contributed by atoms with Crippen LogP contribution >= 0.6 is 0 Å². The van der Waals surface area contributed by atoms with Crippen LogP contribution in [0, 0.1) is 5.92 Å². The van der Waals surface area contributed by atoms with Crippen LogP contribution in [0.1, 0.15) is 61.5 Å². The molecule has 4 N–H and O–H groups in total. The molecule has 1 unspecified atom stereocenters. The van der Waals surface area contributed by atoms with Gasteiger partial charge in [-0.05, 0) is 104 Å². The maximum absolute atomic E-state index is 13.4. The van der Waals surface area contributed by atoms with Gasteiger partial charge in [0.15, 0.2) is 0 Å². The molecular weight excluding hydrogens is 460 g/mol. The number of H-pyrrole nitrogens is 1. The van der Waals surface area contributed by atoms with Gasteiger partial charge >= 0.3 is 0 Å². The summed E-state index contributed by atoms with van der Waals surface area (Å²) in [5, 5.41) is 17.9. The first-order chi connectivity index (χ1) is 17.9. The van der Waals surface area contributed by atoms with Gasteiger partial charge in [-0.15, -0.1) is 0 Å². The van der Waals surface area contributed by atoms with E-state index in [-0.39, 0.29) is 11.3 Å². The van der Waals surface area contributed by atoms with E-state index in [9.17, 15) is 4.79 Å². The second kappa shape index (κ2) is 10.7. The zero-order chi connectivity index (χ0) is 25.8. The first-order valence-corrected chi connectivity index (χ1v) is 13.2. The molecule has 0 radical (unpaired) electrons. The lowest BCUT2D eigenvalue weighted by molar-refractivity contribution is 0.102. The minimum absolute atomic E-state index is 0.0446. The zero-order valence-corrected chi connectivity index (χ0v) is 21.9. The highest BCUT2D eigenvalue weighted by atomic mass is 16.1. The van der Waals surface area contributed by atoms with Gasteiger partial charge in [0, 0.05) is 23.0 Å². The molecule has 7 nitrogen and oxygen atoms in total. The molecule has 1 aliphatic heterocycles. The van der Waals surface area contributed by atoms with Crippen LogP contribution < -0.4 is 16.0 Å². The minimum Gasteiger partial charge on any atom is -0.340 e. The van der Waals surface area contributed by atoms with E-state index >= 15 is 0 Å². The summed E-state index contributed by atoms with van der Waals surface area (Å²) in [5.41, 5.74) is 5.75. The monoisotopic (exact) mass is 496 g/mol. The van der Waals surface area contributed by atoms with Gasteiger partial charge in [-0.3, -0.25) is 9.89 Å². The highest BCUT2D eigenvalue weighted by molar-refractivity contribution is 6.08. The summed E-state index contributed by atoms with van der Waals surface area (Å²) < 4.78 is 0. The van der Waals surface area contributed by atoms with Crippen LogP contribution in [0.5, 0.6) is 0 Å². The number of aromatic amines is 1. The van der Waals surface area contributed by atoms with Gasteiger partial charge in [0.25, 0.3) is 5.91 Å². The molecule has 192 valence electrons. The van der Waals surface area contributed by atoms with Gasteiger partial charge in [-0.1, -0.05) is 26.8 Å².